The molecule has 2 aromatic carbocycles. The van der Waals surface area contributed by atoms with Crippen LogP contribution in [0.25, 0.3) is 0 Å². The smallest absolute Gasteiger partial charge is 0.173 e. The normalized spacial score (nSPS) is 13.6. The first-order valence-electron chi connectivity index (χ1n) is 6.32. The minimum absolute atomic E-state index is 0.146. The lowest BCUT2D eigenvalue weighted by Gasteiger charge is -2.25. The number of halogens is 1. The molecular weight excluding hydrogens is 257 g/mol. The Morgan fingerprint density at radius 2 is 1.60 bits per heavy atom. The summed E-state index contributed by atoms with van der Waals surface area (Å²) in [4.78, 5) is 0. The lowest BCUT2D eigenvalue weighted by molar-refractivity contribution is 0.231. The monoisotopic (exact) mass is 275 g/mol. The van der Waals surface area contributed by atoms with Crippen molar-refractivity contribution >= 4 is 0 Å². The Labute approximate surface area is 118 Å². The zero-order chi connectivity index (χ0) is 14.6. The molecule has 0 heterocycles. The van der Waals surface area contributed by atoms with Crippen LogP contribution < -0.4 is 15.2 Å². The predicted molar refractivity (Wildman–Crippen MR) is 76.9 cm³/mol. The highest BCUT2D eigenvalue weighted by Crippen LogP contribution is 2.37. The summed E-state index contributed by atoms with van der Waals surface area (Å²) in [5.74, 6) is 1.04. The zero-order valence-corrected chi connectivity index (χ0v) is 11.6. The summed E-state index contributed by atoms with van der Waals surface area (Å²) < 4.78 is 25.7. The van der Waals surface area contributed by atoms with Crippen LogP contribution >= 0.6 is 0 Å². The van der Waals surface area contributed by atoms with E-state index in [2.05, 4.69) is 0 Å². The molecule has 4 heteroatoms. The maximum absolute atomic E-state index is 15.3. The van der Waals surface area contributed by atoms with Gasteiger partial charge >= 0.3 is 0 Å². The quantitative estimate of drug-likeness (QED) is 0.912. The molecule has 0 saturated heterocycles. The van der Waals surface area contributed by atoms with Crippen LogP contribution in [0.15, 0.2) is 48.5 Å². The third kappa shape index (κ3) is 2.47. The molecule has 106 valence electrons. The van der Waals surface area contributed by atoms with E-state index in [-0.39, 0.29) is 6.54 Å². The summed E-state index contributed by atoms with van der Waals surface area (Å²) in [5.41, 5.74) is 4.91. The molecule has 0 amide bonds. The first kappa shape index (κ1) is 14.3. The van der Waals surface area contributed by atoms with E-state index in [0.717, 1.165) is 0 Å². The van der Waals surface area contributed by atoms with Crippen LogP contribution in [-0.4, -0.2) is 20.8 Å². The highest BCUT2D eigenvalue weighted by molar-refractivity contribution is 5.47. The number of ether oxygens (including phenoxy) is 2. The number of nitrogens with two attached hydrogens (primary N) is 1. The summed E-state index contributed by atoms with van der Waals surface area (Å²) in [6, 6.07) is 13.9. The number of alkyl halides is 1. The predicted octanol–water partition coefficient (Wildman–Crippen LogP) is 2.88. The van der Waals surface area contributed by atoms with Crippen LogP contribution in [0.4, 0.5) is 4.39 Å². The van der Waals surface area contributed by atoms with Crippen LogP contribution in [0, 0.1) is 0 Å². The average Bonchev–Trinajstić information content (AvgIpc) is 2.54. The number of hydrogen-bond acceptors (Lipinski definition) is 3. The molecule has 2 rings (SSSR count). The van der Waals surface area contributed by atoms with E-state index in [1.165, 1.54) is 7.11 Å². The van der Waals surface area contributed by atoms with E-state index in [9.17, 15) is 0 Å². The summed E-state index contributed by atoms with van der Waals surface area (Å²) in [7, 11) is 3.06. The van der Waals surface area contributed by atoms with Crippen LogP contribution in [-0.2, 0) is 5.67 Å². The SMILES string of the molecule is COc1ccc(C(F)(CN)c2ccccc2)cc1OC. The van der Waals surface area contributed by atoms with Crippen LogP contribution in [0.1, 0.15) is 11.1 Å². The molecule has 0 aliphatic heterocycles. The Kier molecular flexibility index (Phi) is 4.25. The summed E-state index contributed by atoms with van der Waals surface area (Å²) in [5, 5.41) is 0. The first-order valence-corrected chi connectivity index (χ1v) is 6.32. The van der Waals surface area contributed by atoms with Crippen molar-refractivity contribution in [2.45, 2.75) is 5.67 Å². The number of benzene rings is 2. The van der Waals surface area contributed by atoms with Crippen molar-refractivity contribution in [1.29, 1.82) is 0 Å². The highest BCUT2D eigenvalue weighted by atomic mass is 19.1. The molecule has 1 atom stereocenters. The second kappa shape index (κ2) is 5.92. The van der Waals surface area contributed by atoms with Gasteiger partial charge in [-0.1, -0.05) is 36.4 Å². The van der Waals surface area contributed by atoms with E-state index < -0.39 is 5.67 Å². The molecule has 1 unspecified atom stereocenters. The van der Waals surface area contributed by atoms with Crippen molar-refractivity contribution < 1.29 is 13.9 Å². The van der Waals surface area contributed by atoms with Gasteiger partial charge in [-0.05, 0) is 23.3 Å². The van der Waals surface area contributed by atoms with Gasteiger partial charge in [0.25, 0.3) is 0 Å². The number of rotatable bonds is 5. The van der Waals surface area contributed by atoms with Gasteiger partial charge < -0.3 is 15.2 Å². The van der Waals surface area contributed by atoms with Crippen molar-refractivity contribution in [1.82, 2.24) is 0 Å². The fraction of sp³-hybridized carbons (Fsp3) is 0.250. The van der Waals surface area contributed by atoms with Crippen molar-refractivity contribution in [2.75, 3.05) is 20.8 Å². The second-order valence-electron chi connectivity index (χ2n) is 4.44. The fourth-order valence-electron chi connectivity index (χ4n) is 2.19. The van der Waals surface area contributed by atoms with Gasteiger partial charge in [-0.25, -0.2) is 4.39 Å². The summed E-state index contributed by atoms with van der Waals surface area (Å²) >= 11 is 0. The van der Waals surface area contributed by atoms with Crippen molar-refractivity contribution in [3.8, 4) is 11.5 Å². The largest absolute Gasteiger partial charge is 0.493 e. The Morgan fingerprint density at radius 1 is 0.950 bits per heavy atom. The molecule has 0 aliphatic carbocycles. The average molecular weight is 275 g/mol. The van der Waals surface area contributed by atoms with Crippen LogP contribution in [0.5, 0.6) is 11.5 Å². The van der Waals surface area contributed by atoms with Crippen LogP contribution in [0.2, 0.25) is 0 Å². The Balaban J connectivity index is 2.52. The molecule has 0 saturated carbocycles. The summed E-state index contributed by atoms with van der Waals surface area (Å²) in [6.07, 6.45) is 0. The van der Waals surface area contributed by atoms with Gasteiger partial charge in [0.05, 0.1) is 14.2 Å². The highest BCUT2D eigenvalue weighted by Gasteiger charge is 2.33. The summed E-state index contributed by atoms with van der Waals surface area (Å²) in [6.45, 7) is -0.146. The lowest BCUT2D eigenvalue weighted by Crippen LogP contribution is -2.31. The molecular formula is C16H18FNO2. The lowest BCUT2D eigenvalue weighted by atomic mass is 9.88. The maximum Gasteiger partial charge on any atom is 0.173 e. The maximum atomic E-state index is 15.3. The third-order valence-electron chi connectivity index (χ3n) is 3.35. The standard InChI is InChI=1S/C16H18FNO2/c1-19-14-9-8-13(10-15(14)20-2)16(17,11-18)12-6-4-3-5-7-12/h3-10H,11,18H2,1-2H3. The third-order valence-corrected chi connectivity index (χ3v) is 3.35. The van der Waals surface area contributed by atoms with Gasteiger partial charge in [0.1, 0.15) is 0 Å². The molecule has 3 nitrogen and oxygen atoms in total. The molecule has 0 aliphatic rings. The molecule has 0 aromatic heterocycles. The Morgan fingerprint density at radius 3 is 2.15 bits per heavy atom. The zero-order valence-electron chi connectivity index (χ0n) is 11.6. The van der Waals surface area contributed by atoms with Gasteiger partial charge in [0, 0.05) is 6.54 Å². The Bertz CT molecular complexity index is 574. The fourth-order valence-corrected chi connectivity index (χ4v) is 2.19. The van der Waals surface area contributed by atoms with E-state index in [4.69, 9.17) is 15.2 Å². The molecule has 0 spiro atoms. The van der Waals surface area contributed by atoms with Gasteiger partial charge in [0.2, 0.25) is 0 Å². The molecule has 0 bridgehead atoms. The molecule has 20 heavy (non-hydrogen) atoms. The first-order chi connectivity index (χ1) is 9.65. The van der Waals surface area contributed by atoms with Gasteiger partial charge in [-0.15, -0.1) is 0 Å². The van der Waals surface area contributed by atoms with Crippen molar-refractivity contribution in [3.05, 3.63) is 59.7 Å². The van der Waals surface area contributed by atoms with Gasteiger partial charge in [-0.2, -0.15) is 0 Å². The van der Waals surface area contributed by atoms with E-state index in [0.29, 0.717) is 22.6 Å². The molecule has 2 aromatic rings. The van der Waals surface area contributed by atoms with E-state index in [1.807, 2.05) is 6.07 Å². The van der Waals surface area contributed by atoms with Crippen LogP contribution in [0.3, 0.4) is 0 Å². The van der Waals surface area contributed by atoms with Gasteiger partial charge in [-0.3, -0.25) is 0 Å². The molecule has 2 N–H and O–H groups in total. The van der Waals surface area contributed by atoms with Crippen molar-refractivity contribution in [3.63, 3.8) is 0 Å². The topological polar surface area (TPSA) is 44.5 Å². The second-order valence-corrected chi connectivity index (χ2v) is 4.44. The van der Waals surface area contributed by atoms with E-state index >= 15 is 4.39 Å². The molecule has 0 fully saturated rings. The van der Waals surface area contributed by atoms with E-state index in [1.54, 1.807) is 49.6 Å². The molecule has 0 radical (unpaired) electrons. The number of methoxy groups -OCH3 is 2. The minimum atomic E-state index is -1.75. The van der Waals surface area contributed by atoms with Crippen molar-refractivity contribution in [2.24, 2.45) is 5.73 Å². The van der Waals surface area contributed by atoms with Gasteiger partial charge in [0.15, 0.2) is 17.2 Å². The minimum Gasteiger partial charge on any atom is -0.493 e. The Hall–Kier alpha value is -2.07. The number of hydrogen-bond donors (Lipinski definition) is 1.